The number of fused-ring (bicyclic) bond motifs is 1. The lowest BCUT2D eigenvalue weighted by Crippen LogP contribution is -2.20. The Hall–Kier alpha value is -3.97. The van der Waals surface area contributed by atoms with Crippen LogP contribution in [0.5, 0.6) is 23.0 Å². The fourth-order valence-corrected chi connectivity index (χ4v) is 3.35. The zero-order chi connectivity index (χ0) is 23.4. The van der Waals surface area contributed by atoms with Crippen LogP contribution in [0.1, 0.15) is 5.56 Å². The Balaban J connectivity index is 1.44. The molecule has 1 heterocycles. The Bertz CT molecular complexity index is 1360. The molecule has 0 spiro atoms. The van der Waals surface area contributed by atoms with E-state index >= 15 is 0 Å². The van der Waals surface area contributed by atoms with Crippen molar-refractivity contribution in [1.29, 1.82) is 0 Å². The fourth-order valence-electron chi connectivity index (χ4n) is 3.12. The summed E-state index contributed by atoms with van der Waals surface area (Å²) in [5.41, 5.74) is 1.49. The lowest BCUT2D eigenvalue weighted by molar-refractivity contribution is -0.118. The smallest absolute Gasteiger partial charge is 0.262 e. The van der Waals surface area contributed by atoms with Crippen molar-refractivity contribution in [3.8, 4) is 23.0 Å². The van der Waals surface area contributed by atoms with Crippen molar-refractivity contribution >= 4 is 34.2 Å². The van der Waals surface area contributed by atoms with Crippen LogP contribution >= 0.6 is 11.6 Å². The molecule has 168 valence electrons. The molecular formula is C25H20ClNO6. The fraction of sp³-hybridized carbons (Fsp3) is 0.120. The molecule has 8 heteroatoms. The summed E-state index contributed by atoms with van der Waals surface area (Å²) in [7, 11) is 1.57. The number of hydrogen-bond acceptors (Lipinski definition) is 6. The molecule has 1 N–H and O–H groups in total. The van der Waals surface area contributed by atoms with E-state index in [1.165, 1.54) is 6.26 Å². The van der Waals surface area contributed by atoms with Crippen molar-refractivity contribution in [1.82, 2.24) is 0 Å². The standard InChI is InChI=1S/C25H20ClNO6/c1-15-11-16(26)3-10-21(15)27-24(28)14-31-19-8-9-20-22(12-19)32-13-23(25(20)29)33-18-6-4-17(30-2)5-7-18/h3-13H,14H2,1-2H3,(H,27,28). The molecule has 0 aliphatic rings. The minimum Gasteiger partial charge on any atom is -0.497 e. The third kappa shape index (κ3) is 5.27. The number of carbonyl (C=O) groups is 1. The molecule has 0 unspecified atom stereocenters. The van der Waals surface area contributed by atoms with Crippen LogP contribution in [0.3, 0.4) is 0 Å². The van der Waals surface area contributed by atoms with Crippen LogP contribution in [-0.4, -0.2) is 19.6 Å². The Morgan fingerprint density at radius 2 is 1.73 bits per heavy atom. The maximum Gasteiger partial charge on any atom is 0.262 e. The van der Waals surface area contributed by atoms with E-state index in [-0.39, 0.29) is 23.7 Å². The normalized spacial score (nSPS) is 10.6. The molecule has 0 bridgehead atoms. The number of benzene rings is 3. The number of ether oxygens (including phenoxy) is 3. The largest absolute Gasteiger partial charge is 0.497 e. The Morgan fingerprint density at radius 1 is 1.00 bits per heavy atom. The lowest BCUT2D eigenvalue weighted by Gasteiger charge is -2.10. The highest BCUT2D eigenvalue weighted by atomic mass is 35.5. The van der Waals surface area contributed by atoms with Gasteiger partial charge in [-0.3, -0.25) is 9.59 Å². The number of rotatable bonds is 7. The highest BCUT2D eigenvalue weighted by Crippen LogP contribution is 2.25. The summed E-state index contributed by atoms with van der Waals surface area (Å²) in [4.78, 5) is 25.0. The maximum atomic E-state index is 12.8. The first-order valence-corrected chi connectivity index (χ1v) is 10.4. The van der Waals surface area contributed by atoms with Crippen molar-refractivity contribution in [3.63, 3.8) is 0 Å². The van der Waals surface area contributed by atoms with E-state index in [2.05, 4.69) is 5.32 Å². The van der Waals surface area contributed by atoms with Gasteiger partial charge in [-0.25, -0.2) is 0 Å². The topological polar surface area (TPSA) is 87.0 Å². The quantitative estimate of drug-likeness (QED) is 0.383. The van der Waals surface area contributed by atoms with Crippen LogP contribution in [0.2, 0.25) is 5.02 Å². The molecule has 0 radical (unpaired) electrons. The molecule has 0 fully saturated rings. The van der Waals surface area contributed by atoms with Gasteiger partial charge in [0.2, 0.25) is 11.2 Å². The van der Waals surface area contributed by atoms with Crippen LogP contribution in [0, 0.1) is 6.92 Å². The van der Waals surface area contributed by atoms with Gasteiger partial charge < -0.3 is 23.9 Å². The summed E-state index contributed by atoms with van der Waals surface area (Å²) >= 11 is 5.93. The molecular weight excluding hydrogens is 446 g/mol. The summed E-state index contributed by atoms with van der Waals surface area (Å²) in [6.45, 7) is 1.64. The number of amides is 1. The molecule has 7 nitrogen and oxygen atoms in total. The first-order chi connectivity index (χ1) is 15.9. The SMILES string of the molecule is COc1ccc(Oc2coc3cc(OCC(=O)Nc4ccc(Cl)cc4C)ccc3c2=O)cc1. The van der Waals surface area contributed by atoms with Crippen LogP contribution in [0.4, 0.5) is 5.69 Å². The van der Waals surface area contributed by atoms with Gasteiger partial charge in [0.1, 0.15) is 29.1 Å². The predicted molar refractivity (Wildman–Crippen MR) is 126 cm³/mol. The van der Waals surface area contributed by atoms with Gasteiger partial charge in [-0.2, -0.15) is 0 Å². The van der Waals surface area contributed by atoms with Crippen molar-refractivity contribution in [2.75, 3.05) is 19.0 Å². The van der Waals surface area contributed by atoms with Crippen LogP contribution in [0.15, 0.2) is 76.1 Å². The second-order valence-corrected chi connectivity index (χ2v) is 7.60. The van der Waals surface area contributed by atoms with Gasteiger partial charge >= 0.3 is 0 Å². The number of nitrogens with one attached hydrogen (secondary N) is 1. The van der Waals surface area contributed by atoms with E-state index < -0.39 is 0 Å². The number of carbonyl (C=O) groups excluding carboxylic acids is 1. The van der Waals surface area contributed by atoms with E-state index in [4.69, 9.17) is 30.2 Å². The third-order valence-electron chi connectivity index (χ3n) is 4.83. The molecule has 3 aromatic carbocycles. The number of halogens is 1. The molecule has 0 atom stereocenters. The molecule has 0 aliphatic carbocycles. The van der Waals surface area contributed by atoms with Crippen LogP contribution in [0.25, 0.3) is 11.0 Å². The zero-order valence-corrected chi connectivity index (χ0v) is 18.6. The first kappa shape index (κ1) is 22.2. The van der Waals surface area contributed by atoms with Gasteiger partial charge in [0.15, 0.2) is 6.61 Å². The number of methoxy groups -OCH3 is 1. The van der Waals surface area contributed by atoms with E-state index in [1.54, 1.807) is 67.8 Å². The zero-order valence-electron chi connectivity index (χ0n) is 17.9. The summed E-state index contributed by atoms with van der Waals surface area (Å²) in [6, 6.07) is 16.7. The lowest BCUT2D eigenvalue weighted by atomic mass is 10.2. The molecule has 0 saturated carbocycles. The number of aryl methyl sites for hydroxylation is 1. The van der Waals surface area contributed by atoms with E-state index in [0.717, 1.165) is 5.56 Å². The highest BCUT2D eigenvalue weighted by molar-refractivity contribution is 6.30. The van der Waals surface area contributed by atoms with Crippen molar-refractivity contribution in [2.24, 2.45) is 0 Å². The monoisotopic (exact) mass is 465 g/mol. The molecule has 1 aromatic heterocycles. The molecule has 4 aromatic rings. The average Bonchev–Trinajstić information content (AvgIpc) is 2.82. The summed E-state index contributed by atoms with van der Waals surface area (Å²) < 4.78 is 21.9. The van der Waals surface area contributed by atoms with Crippen molar-refractivity contribution in [3.05, 3.63) is 87.7 Å². The minimum absolute atomic E-state index is 0.0547. The van der Waals surface area contributed by atoms with E-state index in [1.807, 2.05) is 6.92 Å². The third-order valence-corrected chi connectivity index (χ3v) is 5.07. The van der Waals surface area contributed by atoms with Crippen molar-refractivity contribution in [2.45, 2.75) is 6.92 Å². The Kier molecular flexibility index (Phi) is 6.51. The number of anilines is 1. The van der Waals surface area contributed by atoms with Gasteiger partial charge in [-0.1, -0.05) is 11.6 Å². The molecule has 1 amide bonds. The Morgan fingerprint density at radius 3 is 2.45 bits per heavy atom. The molecule has 0 saturated heterocycles. The Labute approximate surface area is 194 Å². The van der Waals surface area contributed by atoms with Crippen LogP contribution < -0.4 is 25.0 Å². The summed E-state index contributed by atoms with van der Waals surface area (Å²) in [5.74, 6) is 1.27. The minimum atomic E-state index is -0.329. The summed E-state index contributed by atoms with van der Waals surface area (Å²) in [6.07, 6.45) is 1.24. The van der Waals surface area contributed by atoms with Gasteiger partial charge in [0.25, 0.3) is 5.91 Å². The predicted octanol–water partition coefficient (Wildman–Crippen LogP) is 5.57. The van der Waals surface area contributed by atoms with Gasteiger partial charge in [-0.05, 0) is 67.1 Å². The second kappa shape index (κ2) is 9.67. The highest BCUT2D eigenvalue weighted by Gasteiger charge is 2.12. The van der Waals surface area contributed by atoms with Crippen LogP contribution in [-0.2, 0) is 4.79 Å². The van der Waals surface area contributed by atoms with E-state index in [9.17, 15) is 9.59 Å². The molecule has 0 aliphatic heterocycles. The van der Waals surface area contributed by atoms with Crippen molar-refractivity contribution < 1.29 is 23.4 Å². The average molecular weight is 466 g/mol. The van der Waals surface area contributed by atoms with Gasteiger partial charge in [0, 0.05) is 16.8 Å². The van der Waals surface area contributed by atoms with E-state index in [0.29, 0.717) is 38.9 Å². The van der Waals surface area contributed by atoms with Gasteiger partial charge in [0.05, 0.1) is 12.5 Å². The second-order valence-electron chi connectivity index (χ2n) is 7.16. The first-order valence-electron chi connectivity index (χ1n) is 9.99. The summed E-state index contributed by atoms with van der Waals surface area (Å²) in [5, 5.41) is 3.69. The number of hydrogen-bond donors (Lipinski definition) is 1. The molecule has 33 heavy (non-hydrogen) atoms. The van der Waals surface area contributed by atoms with Gasteiger partial charge in [-0.15, -0.1) is 0 Å². The molecule has 4 rings (SSSR count). The maximum absolute atomic E-state index is 12.8.